The van der Waals surface area contributed by atoms with Gasteiger partial charge in [0.25, 0.3) is 0 Å². The third-order valence-corrected chi connectivity index (χ3v) is 4.75. The Hall–Kier alpha value is -3.22. The van der Waals surface area contributed by atoms with Crippen LogP contribution in [0.25, 0.3) is 0 Å². The first-order chi connectivity index (χ1) is 14.9. The molecule has 3 rings (SSSR count). The molecule has 7 heteroatoms. The highest BCUT2D eigenvalue weighted by Crippen LogP contribution is 2.38. The van der Waals surface area contributed by atoms with Crippen LogP contribution < -0.4 is 10.3 Å². The predicted octanol–water partition coefficient (Wildman–Crippen LogP) is 5.77. The first kappa shape index (κ1) is 23.4. The highest BCUT2D eigenvalue weighted by atomic mass is 16.6. The molecule has 0 aromatic heterocycles. The zero-order valence-electron chi connectivity index (χ0n) is 19.7. The van der Waals surface area contributed by atoms with Crippen LogP contribution in [-0.4, -0.2) is 34.6 Å². The highest BCUT2D eigenvalue weighted by molar-refractivity contribution is 5.77. The summed E-state index contributed by atoms with van der Waals surface area (Å²) in [7, 11) is 0. The molecule has 1 N–H and O–H groups in total. The summed E-state index contributed by atoms with van der Waals surface area (Å²) in [5.74, 6) is 0. The van der Waals surface area contributed by atoms with Crippen LogP contribution in [-0.2, 0) is 15.9 Å². The molecule has 7 nitrogen and oxygen atoms in total. The lowest BCUT2D eigenvalue weighted by Crippen LogP contribution is -2.60. The molecule has 0 aliphatic carbocycles. The first-order valence-electron chi connectivity index (χ1n) is 10.9. The van der Waals surface area contributed by atoms with E-state index in [4.69, 9.17) is 9.47 Å². The van der Waals surface area contributed by atoms with E-state index in [1.807, 2.05) is 48.5 Å². The van der Waals surface area contributed by atoms with E-state index in [1.165, 1.54) is 10.6 Å². The number of para-hydroxylation sites is 2. The molecule has 1 unspecified atom stereocenters. The van der Waals surface area contributed by atoms with Crippen molar-refractivity contribution in [2.75, 3.05) is 4.90 Å². The van der Waals surface area contributed by atoms with Gasteiger partial charge in [0.05, 0.1) is 0 Å². The second-order valence-corrected chi connectivity index (χ2v) is 9.82. The summed E-state index contributed by atoms with van der Waals surface area (Å²) in [4.78, 5) is 28.0. The molecular formula is C25H33N3O4. The van der Waals surface area contributed by atoms with Crippen LogP contribution in [0, 0.1) is 0 Å². The van der Waals surface area contributed by atoms with Crippen molar-refractivity contribution in [3.05, 3.63) is 60.2 Å². The van der Waals surface area contributed by atoms with E-state index in [1.54, 1.807) is 41.5 Å². The van der Waals surface area contributed by atoms with Crippen LogP contribution in [0.15, 0.2) is 54.6 Å². The van der Waals surface area contributed by atoms with Crippen LogP contribution in [0.2, 0.25) is 0 Å². The molecule has 1 heterocycles. The van der Waals surface area contributed by atoms with E-state index in [2.05, 4.69) is 16.4 Å². The molecule has 172 valence electrons. The van der Waals surface area contributed by atoms with E-state index >= 15 is 0 Å². The molecule has 1 atom stereocenters. The SMILES string of the molecule is CC(C)(C)OC(=O)NN(C(=O)OC(C)(C)C)C1CCc2ccccc2N1c1ccccc1. The minimum atomic E-state index is -0.727. The summed E-state index contributed by atoms with van der Waals surface area (Å²) in [5.41, 5.74) is 4.28. The van der Waals surface area contributed by atoms with Crippen LogP contribution in [0.4, 0.5) is 21.0 Å². The average Bonchev–Trinajstić information content (AvgIpc) is 2.69. The Morgan fingerprint density at radius 2 is 1.50 bits per heavy atom. The number of hydrogen-bond acceptors (Lipinski definition) is 5. The number of hydrazine groups is 1. The lowest BCUT2D eigenvalue weighted by atomic mass is 9.98. The molecule has 1 aliphatic rings. The molecule has 0 saturated carbocycles. The fourth-order valence-electron chi connectivity index (χ4n) is 3.63. The fourth-order valence-corrected chi connectivity index (χ4v) is 3.63. The third kappa shape index (κ3) is 5.93. The van der Waals surface area contributed by atoms with E-state index in [9.17, 15) is 9.59 Å². The Morgan fingerprint density at radius 1 is 0.906 bits per heavy atom. The molecule has 0 spiro atoms. The van der Waals surface area contributed by atoms with Gasteiger partial charge in [-0.15, -0.1) is 0 Å². The summed E-state index contributed by atoms with van der Waals surface area (Å²) < 4.78 is 11.1. The van der Waals surface area contributed by atoms with E-state index in [0.717, 1.165) is 17.8 Å². The molecular weight excluding hydrogens is 406 g/mol. The fraction of sp³-hybridized carbons (Fsp3) is 0.440. The van der Waals surface area contributed by atoms with E-state index in [0.29, 0.717) is 6.42 Å². The van der Waals surface area contributed by atoms with Gasteiger partial charge in [0.2, 0.25) is 0 Å². The van der Waals surface area contributed by atoms with Crippen LogP contribution in [0.3, 0.4) is 0 Å². The maximum Gasteiger partial charge on any atom is 0.431 e. The number of anilines is 2. The van der Waals surface area contributed by atoms with Crippen molar-refractivity contribution >= 4 is 23.6 Å². The number of carbonyl (C=O) groups excluding carboxylic acids is 2. The van der Waals surface area contributed by atoms with Crippen molar-refractivity contribution in [1.29, 1.82) is 0 Å². The summed E-state index contributed by atoms with van der Waals surface area (Å²) in [6, 6.07) is 17.9. The summed E-state index contributed by atoms with van der Waals surface area (Å²) in [5, 5.41) is 1.25. The quantitative estimate of drug-likeness (QED) is 0.601. The number of benzene rings is 2. The smallest absolute Gasteiger partial charge is 0.431 e. The van der Waals surface area contributed by atoms with Crippen molar-refractivity contribution in [1.82, 2.24) is 10.4 Å². The zero-order valence-corrected chi connectivity index (χ0v) is 19.7. The molecule has 0 saturated heterocycles. The lowest BCUT2D eigenvalue weighted by Gasteiger charge is -2.44. The zero-order chi connectivity index (χ0) is 23.5. The second kappa shape index (κ2) is 9.10. The Kier molecular flexibility index (Phi) is 6.67. The maximum atomic E-state index is 13.3. The van der Waals surface area contributed by atoms with E-state index < -0.39 is 29.6 Å². The van der Waals surface area contributed by atoms with Gasteiger partial charge in [-0.25, -0.2) is 15.0 Å². The number of amides is 2. The van der Waals surface area contributed by atoms with Gasteiger partial charge in [-0.1, -0.05) is 36.4 Å². The number of rotatable bonds is 2. The van der Waals surface area contributed by atoms with Gasteiger partial charge in [0.1, 0.15) is 17.4 Å². The Bertz CT molecular complexity index is 948. The Labute approximate surface area is 190 Å². The molecule has 0 fully saturated rings. The first-order valence-corrected chi connectivity index (χ1v) is 10.9. The molecule has 2 amide bonds. The number of ether oxygens (including phenoxy) is 2. The summed E-state index contributed by atoms with van der Waals surface area (Å²) in [6.07, 6.45) is -0.515. The Morgan fingerprint density at radius 3 is 2.12 bits per heavy atom. The maximum absolute atomic E-state index is 13.3. The van der Waals surface area contributed by atoms with Crippen molar-refractivity contribution < 1.29 is 19.1 Å². The summed E-state index contributed by atoms with van der Waals surface area (Å²) in [6.45, 7) is 10.7. The molecule has 2 aromatic rings. The molecule has 0 bridgehead atoms. The van der Waals surface area contributed by atoms with Crippen molar-refractivity contribution in [2.24, 2.45) is 0 Å². The van der Waals surface area contributed by atoms with Gasteiger partial charge in [-0.05, 0) is 78.1 Å². The number of fused-ring (bicyclic) bond motifs is 1. The van der Waals surface area contributed by atoms with Gasteiger partial charge in [-0.2, -0.15) is 5.01 Å². The largest absolute Gasteiger partial charge is 0.443 e. The molecule has 2 aromatic carbocycles. The molecule has 0 radical (unpaired) electrons. The van der Waals surface area contributed by atoms with E-state index in [-0.39, 0.29) is 0 Å². The number of hydrogen-bond donors (Lipinski definition) is 1. The van der Waals surface area contributed by atoms with Crippen molar-refractivity contribution in [3.63, 3.8) is 0 Å². The van der Waals surface area contributed by atoms with Gasteiger partial charge in [0, 0.05) is 11.4 Å². The normalized spacial score (nSPS) is 16.1. The van der Waals surface area contributed by atoms with Gasteiger partial charge in [0.15, 0.2) is 0 Å². The minimum absolute atomic E-state index is 0.505. The molecule has 32 heavy (non-hydrogen) atoms. The monoisotopic (exact) mass is 439 g/mol. The second-order valence-electron chi connectivity index (χ2n) is 9.82. The van der Waals surface area contributed by atoms with Crippen LogP contribution in [0.5, 0.6) is 0 Å². The average molecular weight is 440 g/mol. The highest BCUT2D eigenvalue weighted by Gasteiger charge is 2.38. The summed E-state index contributed by atoms with van der Waals surface area (Å²) >= 11 is 0. The number of nitrogens with zero attached hydrogens (tertiary/aromatic N) is 2. The minimum Gasteiger partial charge on any atom is -0.443 e. The van der Waals surface area contributed by atoms with Gasteiger partial charge >= 0.3 is 12.2 Å². The number of nitrogens with one attached hydrogen (secondary N) is 1. The lowest BCUT2D eigenvalue weighted by molar-refractivity contribution is -0.0102. The van der Waals surface area contributed by atoms with Crippen molar-refractivity contribution in [2.45, 2.75) is 71.8 Å². The van der Waals surface area contributed by atoms with Crippen LogP contribution >= 0.6 is 0 Å². The third-order valence-electron chi connectivity index (χ3n) is 4.75. The van der Waals surface area contributed by atoms with Gasteiger partial charge < -0.3 is 14.4 Å². The topological polar surface area (TPSA) is 71.1 Å². The predicted molar refractivity (Wildman–Crippen MR) is 125 cm³/mol. The number of carbonyl (C=O) groups is 2. The standard InChI is InChI=1S/C25H33N3O4/c1-24(2,3)31-22(29)26-28(23(30)32-25(4,5)6)21-17-16-18-12-10-11-15-20(18)27(21)19-13-8-7-9-14-19/h7-15,21H,16-17H2,1-6H3,(H,26,29). The Balaban J connectivity index is 2.02. The number of aryl methyl sites for hydroxylation is 1. The molecule has 1 aliphatic heterocycles. The van der Waals surface area contributed by atoms with Crippen LogP contribution in [0.1, 0.15) is 53.5 Å². The van der Waals surface area contributed by atoms with Gasteiger partial charge in [-0.3, -0.25) is 0 Å². The van der Waals surface area contributed by atoms with Crippen molar-refractivity contribution in [3.8, 4) is 0 Å².